The van der Waals surface area contributed by atoms with E-state index in [0.29, 0.717) is 28.2 Å². The summed E-state index contributed by atoms with van der Waals surface area (Å²) in [6.07, 6.45) is 3.52. The summed E-state index contributed by atoms with van der Waals surface area (Å²) in [7, 11) is 3.24. The van der Waals surface area contributed by atoms with Crippen LogP contribution in [-0.2, 0) is 5.75 Å². The Morgan fingerprint density at radius 2 is 2.00 bits per heavy atom. The molecule has 0 aliphatic rings. The number of hydrogen-bond acceptors (Lipinski definition) is 6. The Balaban J connectivity index is 1.81. The van der Waals surface area contributed by atoms with Gasteiger partial charge >= 0.3 is 0 Å². The zero-order valence-electron chi connectivity index (χ0n) is 12.0. The van der Waals surface area contributed by atoms with Gasteiger partial charge in [0.05, 0.1) is 14.2 Å². The van der Waals surface area contributed by atoms with Crippen molar-refractivity contribution in [1.82, 2.24) is 19.6 Å². The second-order valence-electron chi connectivity index (χ2n) is 4.35. The molecule has 0 saturated heterocycles. The minimum absolute atomic E-state index is 0.594. The van der Waals surface area contributed by atoms with Crippen molar-refractivity contribution in [3.8, 4) is 11.5 Å². The van der Waals surface area contributed by atoms with Crippen LogP contribution in [0.1, 0.15) is 5.56 Å². The van der Waals surface area contributed by atoms with Crippen molar-refractivity contribution >= 4 is 33.5 Å². The van der Waals surface area contributed by atoms with Gasteiger partial charge < -0.3 is 9.47 Å². The summed E-state index contributed by atoms with van der Waals surface area (Å²) in [4.78, 5) is 8.52. The molecule has 0 spiro atoms. The lowest BCUT2D eigenvalue weighted by molar-refractivity contribution is 0.354. The molecule has 0 bridgehead atoms. The Hall–Kier alpha value is -1.80. The number of methoxy groups -OCH3 is 2. The molecular weight excluding hydrogens is 368 g/mol. The number of rotatable bonds is 5. The van der Waals surface area contributed by atoms with Crippen molar-refractivity contribution in [1.29, 1.82) is 0 Å². The Labute approximate surface area is 140 Å². The molecule has 114 valence electrons. The van der Waals surface area contributed by atoms with E-state index in [1.165, 1.54) is 11.8 Å². The average Bonchev–Trinajstić information content (AvgIpc) is 2.96. The summed E-state index contributed by atoms with van der Waals surface area (Å²) in [5, 5.41) is 5.05. The number of halogens is 1. The van der Waals surface area contributed by atoms with Crippen LogP contribution >= 0.6 is 27.7 Å². The van der Waals surface area contributed by atoms with Gasteiger partial charge in [0.2, 0.25) is 5.16 Å². The van der Waals surface area contributed by atoms with Gasteiger partial charge in [-0.2, -0.15) is 4.98 Å². The Morgan fingerprint density at radius 3 is 2.73 bits per heavy atom. The van der Waals surface area contributed by atoms with Crippen LogP contribution in [0.15, 0.2) is 40.2 Å². The molecule has 1 aromatic carbocycles. The SMILES string of the molecule is COc1cc(Br)c(CSc2nc3ncccn3n2)cc1OC. The fourth-order valence-corrected chi connectivity index (χ4v) is 3.39. The van der Waals surface area contributed by atoms with E-state index in [-0.39, 0.29) is 0 Å². The molecule has 0 amide bonds. The van der Waals surface area contributed by atoms with Gasteiger partial charge in [-0.05, 0) is 23.8 Å². The maximum Gasteiger partial charge on any atom is 0.253 e. The van der Waals surface area contributed by atoms with Crippen LogP contribution < -0.4 is 9.47 Å². The average molecular weight is 381 g/mol. The van der Waals surface area contributed by atoms with Gasteiger partial charge in [0.25, 0.3) is 5.78 Å². The first-order valence-electron chi connectivity index (χ1n) is 6.42. The largest absolute Gasteiger partial charge is 0.493 e. The molecular formula is C14H13BrN4O2S. The van der Waals surface area contributed by atoms with Crippen LogP contribution in [-0.4, -0.2) is 33.8 Å². The maximum atomic E-state index is 5.33. The molecule has 3 aromatic rings. The van der Waals surface area contributed by atoms with Gasteiger partial charge in [-0.3, -0.25) is 0 Å². The molecule has 0 atom stereocenters. The molecule has 0 saturated carbocycles. The minimum Gasteiger partial charge on any atom is -0.493 e. The highest BCUT2D eigenvalue weighted by molar-refractivity contribution is 9.10. The van der Waals surface area contributed by atoms with Crippen LogP contribution in [0.2, 0.25) is 0 Å². The highest BCUT2D eigenvalue weighted by Crippen LogP contribution is 2.35. The predicted octanol–water partition coefficient (Wildman–Crippen LogP) is 3.20. The molecule has 2 aromatic heterocycles. The van der Waals surface area contributed by atoms with Crippen LogP contribution in [0, 0.1) is 0 Å². The van der Waals surface area contributed by atoms with Gasteiger partial charge in [-0.25, -0.2) is 9.50 Å². The molecule has 3 rings (SSSR count). The normalized spacial score (nSPS) is 10.9. The zero-order valence-corrected chi connectivity index (χ0v) is 14.4. The number of nitrogens with zero attached hydrogens (tertiary/aromatic N) is 4. The second kappa shape index (κ2) is 6.53. The molecule has 0 fully saturated rings. The quantitative estimate of drug-likeness (QED) is 0.633. The lowest BCUT2D eigenvalue weighted by atomic mass is 10.2. The van der Waals surface area contributed by atoms with Gasteiger partial charge in [-0.15, -0.1) is 5.10 Å². The molecule has 0 aliphatic carbocycles. The fraction of sp³-hybridized carbons (Fsp3) is 0.214. The number of benzene rings is 1. The summed E-state index contributed by atoms with van der Waals surface area (Å²) < 4.78 is 13.2. The fourth-order valence-electron chi connectivity index (χ4n) is 1.92. The van der Waals surface area contributed by atoms with E-state index in [9.17, 15) is 0 Å². The van der Waals surface area contributed by atoms with E-state index in [4.69, 9.17) is 9.47 Å². The van der Waals surface area contributed by atoms with E-state index in [0.717, 1.165) is 10.0 Å². The monoisotopic (exact) mass is 380 g/mol. The topological polar surface area (TPSA) is 61.5 Å². The summed E-state index contributed by atoms with van der Waals surface area (Å²) in [5.41, 5.74) is 1.08. The number of fused-ring (bicyclic) bond motifs is 1. The standard InChI is InChI=1S/C14H13BrN4O2S/c1-20-11-6-9(10(15)7-12(11)21-2)8-22-14-17-13-16-4-3-5-19(13)18-14/h3-7H,8H2,1-2H3. The first-order chi connectivity index (χ1) is 10.7. The first-order valence-corrected chi connectivity index (χ1v) is 8.19. The van der Waals surface area contributed by atoms with Gasteiger partial charge in [0.15, 0.2) is 11.5 Å². The highest BCUT2D eigenvalue weighted by Gasteiger charge is 2.11. The summed E-state index contributed by atoms with van der Waals surface area (Å²) in [5.74, 6) is 2.69. The van der Waals surface area contributed by atoms with Crippen molar-refractivity contribution in [2.75, 3.05) is 14.2 Å². The van der Waals surface area contributed by atoms with E-state index in [1.807, 2.05) is 24.4 Å². The second-order valence-corrected chi connectivity index (χ2v) is 6.14. The third kappa shape index (κ3) is 3.02. The summed E-state index contributed by atoms with van der Waals surface area (Å²) in [6.45, 7) is 0. The molecule has 22 heavy (non-hydrogen) atoms. The van der Waals surface area contributed by atoms with Crippen LogP contribution in [0.4, 0.5) is 0 Å². The highest BCUT2D eigenvalue weighted by atomic mass is 79.9. The van der Waals surface area contributed by atoms with Crippen molar-refractivity contribution in [3.63, 3.8) is 0 Å². The van der Waals surface area contributed by atoms with Crippen molar-refractivity contribution in [3.05, 3.63) is 40.6 Å². The van der Waals surface area contributed by atoms with Gasteiger partial charge in [-0.1, -0.05) is 27.7 Å². The third-order valence-electron chi connectivity index (χ3n) is 3.01. The van der Waals surface area contributed by atoms with E-state index in [2.05, 4.69) is 31.0 Å². The van der Waals surface area contributed by atoms with Crippen LogP contribution in [0.3, 0.4) is 0 Å². The minimum atomic E-state index is 0.594. The van der Waals surface area contributed by atoms with Crippen LogP contribution in [0.25, 0.3) is 5.78 Å². The molecule has 0 unspecified atom stereocenters. The number of thioether (sulfide) groups is 1. The molecule has 0 radical (unpaired) electrons. The first kappa shape index (κ1) is 15.1. The van der Waals surface area contributed by atoms with E-state index >= 15 is 0 Å². The van der Waals surface area contributed by atoms with Crippen molar-refractivity contribution in [2.24, 2.45) is 0 Å². The Morgan fingerprint density at radius 1 is 1.23 bits per heavy atom. The lowest BCUT2D eigenvalue weighted by Gasteiger charge is -2.11. The molecule has 0 N–H and O–H groups in total. The van der Waals surface area contributed by atoms with Gasteiger partial charge in [0.1, 0.15) is 0 Å². The molecule has 2 heterocycles. The zero-order chi connectivity index (χ0) is 15.5. The van der Waals surface area contributed by atoms with Crippen molar-refractivity contribution < 1.29 is 9.47 Å². The molecule has 0 aliphatic heterocycles. The maximum absolute atomic E-state index is 5.33. The molecule has 8 heteroatoms. The van der Waals surface area contributed by atoms with Crippen LogP contribution in [0.5, 0.6) is 11.5 Å². The Kier molecular flexibility index (Phi) is 4.49. The number of hydrogen-bond donors (Lipinski definition) is 0. The van der Waals surface area contributed by atoms with Gasteiger partial charge in [0, 0.05) is 22.6 Å². The Bertz CT molecular complexity index is 776. The van der Waals surface area contributed by atoms with E-state index in [1.54, 1.807) is 24.9 Å². The predicted molar refractivity (Wildman–Crippen MR) is 87.6 cm³/mol. The summed E-state index contributed by atoms with van der Waals surface area (Å²) >= 11 is 5.09. The smallest absolute Gasteiger partial charge is 0.253 e. The number of aromatic nitrogens is 4. The van der Waals surface area contributed by atoms with E-state index < -0.39 is 0 Å². The summed E-state index contributed by atoms with van der Waals surface area (Å²) in [6, 6.07) is 5.67. The lowest BCUT2D eigenvalue weighted by Crippen LogP contribution is -1.93. The molecule has 6 nitrogen and oxygen atoms in total. The number of ether oxygens (including phenoxy) is 2. The third-order valence-corrected chi connectivity index (χ3v) is 4.63. The van der Waals surface area contributed by atoms with Crippen molar-refractivity contribution in [2.45, 2.75) is 10.9 Å².